The highest BCUT2D eigenvalue weighted by atomic mass is 35.5. The van der Waals surface area contributed by atoms with E-state index in [-0.39, 0.29) is 11.3 Å². The van der Waals surface area contributed by atoms with Gasteiger partial charge in [0.25, 0.3) is 5.91 Å². The number of hydrogen-bond donors (Lipinski definition) is 1. The molecule has 16 heavy (non-hydrogen) atoms. The molecule has 1 atom stereocenters. The van der Waals surface area contributed by atoms with Crippen molar-refractivity contribution in [3.05, 3.63) is 21.9 Å². The Morgan fingerprint density at radius 1 is 1.69 bits per heavy atom. The van der Waals surface area contributed by atoms with Gasteiger partial charge in [-0.25, -0.2) is 0 Å². The Balaban J connectivity index is 2.29. The number of ether oxygens (including phenoxy) is 1. The Morgan fingerprint density at radius 2 is 2.44 bits per heavy atom. The van der Waals surface area contributed by atoms with Crippen molar-refractivity contribution in [1.82, 2.24) is 5.32 Å². The third kappa shape index (κ3) is 4.12. The monoisotopic (exact) mass is 261 g/mol. The van der Waals surface area contributed by atoms with Gasteiger partial charge in [-0.3, -0.25) is 4.79 Å². The molecular weight excluding hydrogens is 246 g/mol. The van der Waals surface area contributed by atoms with Crippen molar-refractivity contribution in [2.24, 2.45) is 0 Å². The van der Waals surface area contributed by atoms with E-state index in [0.29, 0.717) is 19.6 Å². The Kier molecular flexibility index (Phi) is 5.80. The van der Waals surface area contributed by atoms with Crippen LogP contribution in [0.15, 0.2) is 11.4 Å². The number of nitrogens with one attached hydrogen (secondary N) is 1. The van der Waals surface area contributed by atoms with Crippen molar-refractivity contribution >= 4 is 28.8 Å². The van der Waals surface area contributed by atoms with Gasteiger partial charge < -0.3 is 10.1 Å². The highest BCUT2D eigenvalue weighted by Gasteiger charge is 2.10. The van der Waals surface area contributed by atoms with Crippen LogP contribution in [-0.4, -0.2) is 31.5 Å². The number of methoxy groups -OCH3 is 1. The Hall–Kier alpha value is -0.580. The molecule has 0 bridgehead atoms. The van der Waals surface area contributed by atoms with Gasteiger partial charge in [0.2, 0.25) is 0 Å². The summed E-state index contributed by atoms with van der Waals surface area (Å²) in [6.07, 6.45) is 0.714. The molecule has 0 aliphatic carbocycles. The fourth-order valence-corrected chi connectivity index (χ4v) is 2.37. The number of hydrogen-bond acceptors (Lipinski definition) is 3. The topological polar surface area (TPSA) is 38.3 Å². The van der Waals surface area contributed by atoms with Crippen LogP contribution in [0.2, 0.25) is 0 Å². The Bertz CT molecular complexity index is 340. The summed E-state index contributed by atoms with van der Waals surface area (Å²) < 4.78 is 4.91. The van der Waals surface area contributed by atoms with Crippen molar-refractivity contribution in [3.8, 4) is 0 Å². The number of halogens is 1. The lowest BCUT2D eigenvalue weighted by Gasteiger charge is -2.08. The molecule has 1 amide bonds. The van der Waals surface area contributed by atoms with Crippen LogP contribution in [0.3, 0.4) is 0 Å². The van der Waals surface area contributed by atoms with Crippen molar-refractivity contribution in [3.63, 3.8) is 0 Å². The molecule has 0 fully saturated rings. The first-order valence-corrected chi connectivity index (χ1v) is 6.42. The van der Waals surface area contributed by atoms with E-state index in [4.69, 9.17) is 16.3 Å². The summed E-state index contributed by atoms with van der Waals surface area (Å²) in [6.45, 7) is 3.02. The molecule has 1 N–H and O–H groups in total. The van der Waals surface area contributed by atoms with Gasteiger partial charge in [-0.05, 0) is 30.4 Å². The molecule has 0 aliphatic heterocycles. The standard InChI is InChI=1S/C11H16ClNO2S/c1-8-4-6-16-10(8)11(14)13-5-3-9(12)7-15-2/h4,6,9H,3,5,7H2,1-2H3,(H,13,14). The lowest BCUT2D eigenvalue weighted by Crippen LogP contribution is -2.26. The van der Waals surface area contributed by atoms with Gasteiger partial charge in [-0.2, -0.15) is 0 Å². The van der Waals surface area contributed by atoms with E-state index in [9.17, 15) is 4.79 Å². The number of aryl methyl sites for hydroxylation is 1. The molecule has 90 valence electrons. The summed E-state index contributed by atoms with van der Waals surface area (Å²) in [5, 5.41) is 4.72. The number of alkyl halides is 1. The van der Waals surface area contributed by atoms with Crippen molar-refractivity contribution in [2.45, 2.75) is 18.7 Å². The van der Waals surface area contributed by atoms with E-state index in [2.05, 4.69) is 5.32 Å². The zero-order valence-electron chi connectivity index (χ0n) is 9.46. The zero-order valence-corrected chi connectivity index (χ0v) is 11.0. The van der Waals surface area contributed by atoms with Gasteiger partial charge in [0.05, 0.1) is 16.9 Å². The van der Waals surface area contributed by atoms with E-state index < -0.39 is 0 Å². The Morgan fingerprint density at radius 3 is 3.00 bits per heavy atom. The molecule has 0 radical (unpaired) electrons. The third-order valence-corrected chi connectivity index (χ3v) is 3.52. The van der Waals surface area contributed by atoms with Crippen LogP contribution in [0.5, 0.6) is 0 Å². The maximum absolute atomic E-state index is 11.7. The van der Waals surface area contributed by atoms with E-state index in [1.54, 1.807) is 7.11 Å². The molecule has 1 rings (SSSR count). The summed E-state index contributed by atoms with van der Waals surface area (Å²) in [6, 6.07) is 1.94. The predicted octanol–water partition coefficient (Wildman–Crippen LogP) is 2.43. The van der Waals surface area contributed by atoms with Gasteiger partial charge in [0.1, 0.15) is 0 Å². The van der Waals surface area contributed by atoms with Crippen LogP contribution >= 0.6 is 22.9 Å². The van der Waals surface area contributed by atoms with Gasteiger partial charge in [0.15, 0.2) is 0 Å². The van der Waals surface area contributed by atoms with Crippen LogP contribution < -0.4 is 5.32 Å². The minimum Gasteiger partial charge on any atom is -0.383 e. The van der Waals surface area contributed by atoms with Crippen LogP contribution in [-0.2, 0) is 4.74 Å². The zero-order chi connectivity index (χ0) is 12.0. The fraction of sp³-hybridized carbons (Fsp3) is 0.545. The maximum Gasteiger partial charge on any atom is 0.261 e. The van der Waals surface area contributed by atoms with E-state index in [1.165, 1.54) is 11.3 Å². The first-order chi connectivity index (χ1) is 7.65. The molecule has 1 aromatic heterocycles. The molecule has 0 aromatic carbocycles. The number of rotatable bonds is 6. The Labute approximate surface area is 105 Å². The maximum atomic E-state index is 11.7. The molecule has 5 heteroatoms. The molecule has 1 unspecified atom stereocenters. The number of thiophene rings is 1. The lowest BCUT2D eigenvalue weighted by molar-refractivity contribution is 0.0955. The SMILES string of the molecule is COCC(Cl)CCNC(=O)c1sccc1C. The average Bonchev–Trinajstić information content (AvgIpc) is 2.64. The summed E-state index contributed by atoms with van der Waals surface area (Å²) in [4.78, 5) is 12.5. The lowest BCUT2D eigenvalue weighted by atomic mass is 10.2. The highest BCUT2D eigenvalue weighted by molar-refractivity contribution is 7.12. The average molecular weight is 262 g/mol. The predicted molar refractivity (Wildman–Crippen MR) is 67.5 cm³/mol. The number of carbonyl (C=O) groups excluding carboxylic acids is 1. The minimum atomic E-state index is -0.0465. The van der Waals surface area contributed by atoms with Gasteiger partial charge in [-0.15, -0.1) is 22.9 Å². The molecule has 1 heterocycles. The third-order valence-electron chi connectivity index (χ3n) is 2.16. The number of carbonyl (C=O) groups is 1. The van der Waals surface area contributed by atoms with E-state index >= 15 is 0 Å². The molecule has 0 aliphatic rings. The second-order valence-electron chi connectivity index (χ2n) is 3.53. The number of amides is 1. The fourth-order valence-electron chi connectivity index (χ4n) is 1.29. The van der Waals surface area contributed by atoms with Crippen molar-refractivity contribution in [1.29, 1.82) is 0 Å². The van der Waals surface area contributed by atoms with Gasteiger partial charge in [0, 0.05) is 13.7 Å². The summed E-state index contributed by atoms with van der Waals surface area (Å²) in [7, 11) is 1.61. The second kappa shape index (κ2) is 6.89. The van der Waals surface area contributed by atoms with Gasteiger partial charge >= 0.3 is 0 Å². The van der Waals surface area contributed by atoms with Gasteiger partial charge in [-0.1, -0.05) is 0 Å². The molecule has 0 saturated heterocycles. The molecule has 3 nitrogen and oxygen atoms in total. The first kappa shape index (κ1) is 13.5. The largest absolute Gasteiger partial charge is 0.383 e. The van der Waals surface area contributed by atoms with Crippen LogP contribution in [0.4, 0.5) is 0 Å². The van der Waals surface area contributed by atoms with Crippen molar-refractivity contribution in [2.75, 3.05) is 20.3 Å². The highest BCUT2D eigenvalue weighted by Crippen LogP contribution is 2.15. The van der Waals surface area contributed by atoms with E-state index in [0.717, 1.165) is 10.4 Å². The van der Waals surface area contributed by atoms with Crippen LogP contribution in [0, 0.1) is 6.92 Å². The van der Waals surface area contributed by atoms with Crippen LogP contribution in [0.1, 0.15) is 21.7 Å². The minimum absolute atomic E-state index is 0.0196. The molecule has 0 saturated carbocycles. The smallest absolute Gasteiger partial charge is 0.261 e. The normalized spacial score (nSPS) is 12.4. The summed E-state index contributed by atoms with van der Waals surface area (Å²) in [5.74, 6) is -0.0196. The van der Waals surface area contributed by atoms with Crippen LogP contribution in [0.25, 0.3) is 0 Å². The first-order valence-electron chi connectivity index (χ1n) is 5.10. The summed E-state index contributed by atoms with van der Waals surface area (Å²) >= 11 is 7.40. The second-order valence-corrected chi connectivity index (χ2v) is 5.06. The molecular formula is C11H16ClNO2S. The van der Waals surface area contributed by atoms with E-state index in [1.807, 2.05) is 18.4 Å². The summed E-state index contributed by atoms with van der Waals surface area (Å²) in [5.41, 5.74) is 1.02. The quantitative estimate of drug-likeness (QED) is 0.799. The molecule has 1 aromatic rings. The van der Waals surface area contributed by atoms with Crippen molar-refractivity contribution < 1.29 is 9.53 Å². The molecule has 0 spiro atoms.